The highest BCUT2D eigenvalue weighted by molar-refractivity contribution is 5.93. The lowest BCUT2D eigenvalue weighted by molar-refractivity contribution is 0.0689. The number of furan rings is 1. The van der Waals surface area contributed by atoms with Crippen LogP contribution in [0.3, 0.4) is 0 Å². The summed E-state index contributed by atoms with van der Waals surface area (Å²) in [6.07, 6.45) is 6.69. The van der Waals surface area contributed by atoms with Gasteiger partial charge in [-0.15, -0.1) is 0 Å². The molecule has 2 aromatic rings. The van der Waals surface area contributed by atoms with E-state index in [2.05, 4.69) is 5.10 Å². The molecule has 1 aliphatic rings. The maximum Gasteiger partial charge on any atom is 0.257 e. The highest BCUT2D eigenvalue weighted by Gasteiger charge is 2.25. The Morgan fingerprint density at radius 3 is 2.74 bits per heavy atom. The van der Waals surface area contributed by atoms with Crippen LogP contribution in [0.1, 0.15) is 29.2 Å². The van der Waals surface area contributed by atoms with E-state index < -0.39 is 0 Å². The Kier molecular flexibility index (Phi) is 2.98. The normalized spacial score (nSPS) is 16.7. The number of rotatable bonds is 2. The number of hydrogen-bond acceptors (Lipinski definition) is 4. The molecule has 1 amide bonds. The minimum absolute atomic E-state index is 0.0344. The number of hydrogen-bond donors (Lipinski definition) is 1. The first-order valence-corrected chi connectivity index (χ1v) is 6.36. The van der Waals surface area contributed by atoms with E-state index in [0.29, 0.717) is 17.4 Å². The Labute approximate surface area is 110 Å². The topological polar surface area (TPSA) is 77.3 Å². The number of nitrogens with two attached hydrogens (primary N) is 1. The quantitative estimate of drug-likeness (QED) is 0.888. The molecule has 1 aliphatic heterocycles. The monoisotopic (exact) mass is 260 g/mol. The zero-order chi connectivity index (χ0) is 13.2. The molecule has 0 bridgehead atoms. The molecule has 0 aliphatic carbocycles. The number of carbonyl (C=O) groups is 1. The van der Waals surface area contributed by atoms with Crippen molar-refractivity contribution < 1.29 is 9.21 Å². The molecule has 2 N–H and O–H groups in total. The molecule has 0 spiro atoms. The Bertz CT molecular complexity index is 553. The summed E-state index contributed by atoms with van der Waals surface area (Å²) in [6, 6.07) is 3.82. The Hall–Kier alpha value is -2.24. The van der Waals surface area contributed by atoms with Gasteiger partial charge >= 0.3 is 0 Å². The molecule has 100 valence electrons. The van der Waals surface area contributed by atoms with E-state index in [0.717, 1.165) is 25.9 Å². The van der Waals surface area contributed by atoms with E-state index >= 15 is 0 Å². The van der Waals surface area contributed by atoms with Crippen LogP contribution in [0, 0.1) is 0 Å². The Morgan fingerprint density at radius 2 is 2.16 bits per heavy atom. The van der Waals surface area contributed by atoms with Crippen molar-refractivity contribution in [3.05, 3.63) is 36.4 Å². The van der Waals surface area contributed by atoms with Crippen molar-refractivity contribution in [1.29, 1.82) is 0 Å². The van der Waals surface area contributed by atoms with Gasteiger partial charge in [-0.1, -0.05) is 0 Å². The number of piperidine rings is 1. The van der Waals surface area contributed by atoms with Crippen molar-refractivity contribution in [2.75, 3.05) is 18.8 Å². The average molecular weight is 260 g/mol. The lowest BCUT2D eigenvalue weighted by Gasteiger charge is -2.31. The highest BCUT2D eigenvalue weighted by atomic mass is 16.3. The number of likely N-dealkylation sites (tertiary alicyclic amines) is 1. The molecule has 0 radical (unpaired) electrons. The summed E-state index contributed by atoms with van der Waals surface area (Å²) in [5, 5.41) is 4.23. The second-order valence-electron chi connectivity index (χ2n) is 4.76. The average Bonchev–Trinajstić information content (AvgIpc) is 3.09. The standard InChI is InChI=1S/C13H16N4O2/c14-12-3-7-17(15-12)11-1-5-16(6-2-11)13(18)10-4-8-19-9-10/h3-4,7-9,11H,1-2,5-6H2,(H2,14,15). The first-order valence-electron chi connectivity index (χ1n) is 6.36. The number of anilines is 1. The fraction of sp³-hybridized carbons (Fsp3) is 0.385. The van der Waals surface area contributed by atoms with Crippen molar-refractivity contribution in [2.24, 2.45) is 0 Å². The number of carbonyl (C=O) groups excluding carboxylic acids is 1. The van der Waals surface area contributed by atoms with Gasteiger partial charge in [-0.05, 0) is 25.0 Å². The highest BCUT2D eigenvalue weighted by Crippen LogP contribution is 2.23. The zero-order valence-electron chi connectivity index (χ0n) is 10.5. The first kappa shape index (κ1) is 11.8. The van der Waals surface area contributed by atoms with Crippen LogP contribution < -0.4 is 5.73 Å². The fourth-order valence-corrected chi connectivity index (χ4v) is 2.46. The largest absolute Gasteiger partial charge is 0.472 e. The molecule has 6 heteroatoms. The van der Waals surface area contributed by atoms with Gasteiger partial charge in [0, 0.05) is 19.3 Å². The van der Waals surface area contributed by atoms with Crippen molar-refractivity contribution in [1.82, 2.24) is 14.7 Å². The molecule has 1 fully saturated rings. The molecule has 3 rings (SSSR count). The van der Waals surface area contributed by atoms with Gasteiger partial charge in [0.1, 0.15) is 12.1 Å². The van der Waals surface area contributed by atoms with Gasteiger partial charge in [0.15, 0.2) is 0 Å². The van der Waals surface area contributed by atoms with E-state index in [9.17, 15) is 4.79 Å². The number of nitrogens with zero attached hydrogens (tertiary/aromatic N) is 3. The third kappa shape index (κ3) is 2.33. The summed E-state index contributed by atoms with van der Waals surface area (Å²) in [5.74, 6) is 0.573. The van der Waals surface area contributed by atoms with Gasteiger partial charge in [-0.25, -0.2) is 0 Å². The van der Waals surface area contributed by atoms with Crippen molar-refractivity contribution in [2.45, 2.75) is 18.9 Å². The van der Waals surface area contributed by atoms with Gasteiger partial charge < -0.3 is 15.1 Å². The summed E-state index contributed by atoms with van der Waals surface area (Å²) < 4.78 is 6.84. The van der Waals surface area contributed by atoms with Crippen molar-refractivity contribution in [3.63, 3.8) is 0 Å². The van der Waals surface area contributed by atoms with E-state index in [1.54, 1.807) is 12.1 Å². The number of nitrogen functional groups attached to an aromatic ring is 1. The minimum atomic E-state index is 0.0344. The number of aromatic nitrogens is 2. The van der Waals surface area contributed by atoms with Crippen LogP contribution >= 0.6 is 0 Å². The van der Waals surface area contributed by atoms with Crippen LogP contribution in [0.15, 0.2) is 35.3 Å². The predicted molar refractivity (Wildman–Crippen MR) is 69.5 cm³/mol. The van der Waals surface area contributed by atoms with Crippen LogP contribution in [0.25, 0.3) is 0 Å². The van der Waals surface area contributed by atoms with Crippen LogP contribution in [-0.2, 0) is 0 Å². The van der Waals surface area contributed by atoms with E-state index in [1.807, 2.05) is 15.8 Å². The molecular weight excluding hydrogens is 244 g/mol. The maximum atomic E-state index is 12.1. The van der Waals surface area contributed by atoms with Gasteiger partial charge in [0.25, 0.3) is 5.91 Å². The zero-order valence-corrected chi connectivity index (χ0v) is 10.5. The minimum Gasteiger partial charge on any atom is -0.472 e. The lowest BCUT2D eigenvalue weighted by Crippen LogP contribution is -2.39. The summed E-state index contributed by atoms with van der Waals surface area (Å²) in [4.78, 5) is 14.0. The first-order chi connectivity index (χ1) is 9.24. The van der Waals surface area contributed by atoms with Crippen LogP contribution in [-0.4, -0.2) is 33.7 Å². The molecule has 0 aromatic carbocycles. The molecule has 0 unspecified atom stereocenters. The molecule has 6 nitrogen and oxygen atoms in total. The van der Waals surface area contributed by atoms with E-state index in [4.69, 9.17) is 10.2 Å². The lowest BCUT2D eigenvalue weighted by atomic mass is 10.0. The molecule has 1 saturated heterocycles. The van der Waals surface area contributed by atoms with E-state index in [-0.39, 0.29) is 5.91 Å². The molecule has 2 aromatic heterocycles. The van der Waals surface area contributed by atoms with Crippen LogP contribution in [0.2, 0.25) is 0 Å². The van der Waals surface area contributed by atoms with Gasteiger partial charge in [-0.2, -0.15) is 5.10 Å². The summed E-state index contributed by atoms with van der Waals surface area (Å²) in [6.45, 7) is 1.46. The molecule has 0 saturated carbocycles. The van der Waals surface area contributed by atoms with E-state index in [1.165, 1.54) is 12.5 Å². The summed E-state index contributed by atoms with van der Waals surface area (Å²) in [7, 11) is 0. The molecule has 3 heterocycles. The van der Waals surface area contributed by atoms with Gasteiger partial charge in [0.2, 0.25) is 0 Å². The molecule has 0 atom stereocenters. The second kappa shape index (κ2) is 4.79. The third-order valence-electron chi connectivity index (χ3n) is 3.52. The Balaban J connectivity index is 1.62. The van der Waals surface area contributed by atoms with Crippen molar-refractivity contribution >= 4 is 11.7 Å². The number of amides is 1. The summed E-state index contributed by atoms with van der Waals surface area (Å²) in [5.41, 5.74) is 6.23. The SMILES string of the molecule is Nc1ccn(C2CCN(C(=O)c3ccoc3)CC2)n1. The fourth-order valence-electron chi connectivity index (χ4n) is 2.46. The Morgan fingerprint density at radius 1 is 1.37 bits per heavy atom. The summed E-state index contributed by atoms with van der Waals surface area (Å²) >= 11 is 0. The van der Waals surface area contributed by atoms with Gasteiger partial charge in [-0.3, -0.25) is 9.48 Å². The third-order valence-corrected chi connectivity index (χ3v) is 3.52. The van der Waals surface area contributed by atoms with Gasteiger partial charge in [0.05, 0.1) is 17.9 Å². The predicted octanol–water partition coefficient (Wildman–Crippen LogP) is 1.54. The van der Waals surface area contributed by atoms with Crippen molar-refractivity contribution in [3.8, 4) is 0 Å². The second-order valence-corrected chi connectivity index (χ2v) is 4.76. The van der Waals surface area contributed by atoms with Crippen LogP contribution in [0.5, 0.6) is 0 Å². The smallest absolute Gasteiger partial charge is 0.257 e. The van der Waals surface area contributed by atoms with Crippen LogP contribution in [0.4, 0.5) is 5.82 Å². The molecular formula is C13H16N4O2. The molecule has 19 heavy (non-hydrogen) atoms. The maximum absolute atomic E-state index is 12.1.